The SMILES string of the molecule is [2H]c1nc([2H])c(-c2c([2H])c([2H])c([2H])c([2H])c2[2H])c(C(C)(C)C)c1-c1c([2H])c([2H])c([2H])c([2H])c1[2H]. The van der Waals surface area contributed by atoms with Gasteiger partial charge in [-0.2, -0.15) is 0 Å². The van der Waals surface area contributed by atoms with Crippen LogP contribution < -0.4 is 0 Å². The van der Waals surface area contributed by atoms with Gasteiger partial charge in [-0.15, -0.1) is 0 Å². The first-order valence-electron chi connectivity index (χ1n) is 12.7. The summed E-state index contributed by atoms with van der Waals surface area (Å²) >= 11 is 0. The number of hydrogen-bond donors (Lipinski definition) is 0. The Morgan fingerprint density at radius 3 is 1.50 bits per heavy atom. The van der Waals surface area contributed by atoms with Gasteiger partial charge in [-0.3, -0.25) is 4.98 Å². The van der Waals surface area contributed by atoms with E-state index in [4.69, 9.17) is 16.4 Å². The van der Waals surface area contributed by atoms with E-state index in [-0.39, 0.29) is 27.8 Å². The monoisotopic (exact) mass is 299 g/mol. The van der Waals surface area contributed by atoms with E-state index in [9.17, 15) is 0 Å². The third-order valence-corrected chi connectivity index (χ3v) is 3.09. The molecule has 0 bridgehead atoms. The number of benzene rings is 2. The van der Waals surface area contributed by atoms with Gasteiger partial charge in [0.2, 0.25) is 0 Å². The largest absolute Gasteiger partial charge is 0.263 e. The molecule has 22 heavy (non-hydrogen) atoms. The first kappa shape index (κ1) is 6.00. The van der Waals surface area contributed by atoms with Gasteiger partial charge in [-0.25, -0.2) is 0 Å². The van der Waals surface area contributed by atoms with Gasteiger partial charge >= 0.3 is 0 Å². The number of hydrogen-bond acceptors (Lipinski definition) is 1. The third kappa shape index (κ3) is 2.80. The fraction of sp³-hybridized carbons (Fsp3) is 0.190. The van der Waals surface area contributed by atoms with Crippen LogP contribution in [0.15, 0.2) is 72.8 Å². The Morgan fingerprint density at radius 2 is 1.14 bits per heavy atom. The average Bonchev–Trinajstić information content (AvgIpc) is 2.75. The second-order valence-corrected chi connectivity index (χ2v) is 5.71. The molecule has 0 fully saturated rings. The van der Waals surface area contributed by atoms with Gasteiger partial charge in [0.1, 0.15) is 0 Å². The van der Waals surface area contributed by atoms with E-state index in [0.717, 1.165) is 0 Å². The summed E-state index contributed by atoms with van der Waals surface area (Å²) in [6.07, 6.45) is -1.05. The molecule has 1 heteroatoms. The van der Waals surface area contributed by atoms with Crippen molar-refractivity contribution in [2.75, 3.05) is 0 Å². The lowest BCUT2D eigenvalue weighted by atomic mass is 9.78. The standard InChI is InChI=1S/C21H21N/c1-21(2,3)20-18(16-10-6-4-7-11-16)14-22-15-19(20)17-12-8-5-9-13-17/h4-15H,1-3H3/i4D,5D,6D,7D,8D,9D,10D,11D,12D,13D,14D,15D. The van der Waals surface area contributed by atoms with Crippen LogP contribution in [0.1, 0.15) is 42.8 Å². The molecule has 110 valence electrons. The van der Waals surface area contributed by atoms with Crippen molar-refractivity contribution < 1.29 is 16.4 Å². The smallest absolute Gasteiger partial charge is 0.0847 e. The van der Waals surface area contributed by atoms with Crippen LogP contribution in [0.4, 0.5) is 0 Å². The Morgan fingerprint density at radius 1 is 0.727 bits per heavy atom. The molecule has 0 aliphatic carbocycles. The first-order valence-corrected chi connectivity index (χ1v) is 6.70. The lowest BCUT2D eigenvalue weighted by molar-refractivity contribution is 0.593. The van der Waals surface area contributed by atoms with E-state index >= 15 is 0 Å². The van der Waals surface area contributed by atoms with Crippen LogP contribution >= 0.6 is 0 Å². The molecule has 3 rings (SSSR count). The van der Waals surface area contributed by atoms with Crippen LogP contribution in [0.2, 0.25) is 0 Å². The Bertz CT molecular complexity index is 1210. The summed E-state index contributed by atoms with van der Waals surface area (Å²) in [6.45, 7) is 5.08. The molecule has 1 heterocycles. The van der Waals surface area contributed by atoms with E-state index in [1.165, 1.54) is 0 Å². The minimum atomic E-state index is -0.953. The number of rotatable bonds is 2. The summed E-state index contributed by atoms with van der Waals surface area (Å²) in [5.41, 5.74) is -1.74. The maximum absolute atomic E-state index is 8.48. The van der Waals surface area contributed by atoms with Gasteiger partial charge in [-0.1, -0.05) is 81.2 Å². The molecule has 0 atom stereocenters. The Hall–Kier alpha value is -2.41. The predicted molar refractivity (Wildman–Crippen MR) is 93.8 cm³/mol. The van der Waals surface area contributed by atoms with Crippen LogP contribution in [0.5, 0.6) is 0 Å². The van der Waals surface area contributed by atoms with Gasteiger partial charge in [0, 0.05) is 23.5 Å². The normalized spacial score (nSPS) is 19.0. The summed E-state index contributed by atoms with van der Waals surface area (Å²) < 4.78 is 98.4. The zero-order valence-electron chi connectivity index (χ0n) is 24.4. The van der Waals surface area contributed by atoms with Crippen molar-refractivity contribution in [2.45, 2.75) is 26.2 Å². The van der Waals surface area contributed by atoms with Crippen LogP contribution in [0.3, 0.4) is 0 Å². The topological polar surface area (TPSA) is 12.9 Å². The molecule has 0 N–H and O–H groups in total. The molecule has 0 radical (unpaired) electrons. The highest BCUT2D eigenvalue weighted by atomic mass is 14.6. The van der Waals surface area contributed by atoms with Crippen LogP contribution in [0.25, 0.3) is 22.3 Å². The van der Waals surface area contributed by atoms with Gasteiger partial charge in [0.15, 0.2) is 0 Å². The molecular formula is C21H21N. The van der Waals surface area contributed by atoms with Crippen molar-refractivity contribution >= 4 is 0 Å². The molecule has 2 aromatic carbocycles. The quantitative estimate of drug-likeness (QED) is 0.590. The van der Waals surface area contributed by atoms with E-state index in [1.54, 1.807) is 20.8 Å². The Kier molecular flexibility index (Phi) is 1.57. The van der Waals surface area contributed by atoms with E-state index < -0.39 is 78.2 Å². The summed E-state index contributed by atoms with van der Waals surface area (Å²) in [6, 6.07) is -5.98. The molecular weight excluding hydrogens is 266 g/mol. The van der Waals surface area contributed by atoms with E-state index in [1.807, 2.05) is 0 Å². The van der Waals surface area contributed by atoms with Gasteiger partial charge < -0.3 is 0 Å². The highest BCUT2D eigenvalue weighted by Gasteiger charge is 2.23. The second kappa shape index (κ2) is 5.76. The fourth-order valence-corrected chi connectivity index (χ4v) is 2.24. The van der Waals surface area contributed by atoms with E-state index in [0.29, 0.717) is 0 Å². The minimum absolute atomic E-state index is 0.120. The first-order chi connectivity index (χ1) is 15.5. The lowest BCUT2D eigenvalue weighted by Crippen LogP contribution is -2.15. The summed E-state index contributed by atoms with van der Waals surface area (Å²) in [5.74, 6) is 0. The Balaban J connectivity index is 2.68. The highest BCUT2D eigenvalue weighted by Crippen LogP contribution is 2.39. The molecule has 0 amide bonds. The third-order valence-electron chi connectivity index (χ3n) is 3.09. The van der Waals surface area contributed by atoms with Crippen molar-refractivity contribution in [3.63, 3.8) is 0 Å². The molecule has 0 aliphatic rings. The maximum atomic E-state index is 8.48. The van der Waals surface area contributed by atoms with Crippen molar-refractivity contribution in [1.82, 2.24) is 4.98 Å². The van der Waals surface area contributed by atoms with Crippen LogP contribution in [-0.4, -0.2) is 4.98 Å². The van der Waals surface area contributed by atoms with Crippen LogP contribution in [0, 0.1) is 0 Å². The van der Waals surface area contributed by atoms with Gasteiger partial charge in [0.25, 0.3) is 0 Å². The zero-order valence-corrected chi connectivity index (χ0v) is 12.4. The molecule has 0 unspecified atom stereocenters. The van der Waals surface area contributed by atoms with Crippen molar-refractivity contribution in [2.24, 2.45) is 0 Å². The summed E-state index contributed by atoms with van der Waals surface area (Å²) in [7, 11) is 0. The molecule has 3 aromatic rings. The second-order valence-electron chi connectivity index (χ2n) is 5.71. The predicted octanol–water partition coefficient (Wildman–Crippen LogP) is 5.71. The number of nitrogens with zero attached hydrogens (tertiary/aromatic N) is 1. The van der Waals surface area contributed by atoms with Crippen molar-refractivity contribution in [1.29, 1.82) is 0 Å². The highest BCUT2D eigenvalue weighted by molar-refractivity contribution is 5.78. The van der Waals surface area contributed by atoms with Gasteiger partial charge in [0.05, 0.1) is 16.4 Å². The lowest BCUT2D eigenvalue weighted by Gasteiger charge is -2.26. The Labute approximate surface area is 149 Å². The molecule has 0 saturated heterocycles. The van der Waals surface area contributed by atoms with Crippen molar-refractivity contribution in [3.05, 3.63) is 78.3 Å². The zero-order chi connectivity index (χ0) is 26.0. The average molecular weight is 299 g/mol. The van der Waals surface area contributed by atoms with E-state index in [2.05, 4.69) is 4.98 Å². The summed E-state index contributed by atoms with van der Waals surface area (Å²) in [4.78, 5) is 3.89. The molecule has 0 saturated carbocycles. The molecule has 1 aromatic heterocycles. The molecule has 1 nitrogen and oxygen atoms in total. The molecule has 0 aliphatic heterocycles. The summed E-state index contributed by atoms with van der Waals surface area (Å²) in [5, 5.41) is 0. The molecule has 0 spiro atoms. The minimum Gasteiger partial charge on any atom is -0.263 e. The number of pyridine rings is 1. The van der Waals surface area contributed by atoms with Crippen LogP contribution in [-0.2, 0) is 5.41 Å². The number of aromatic nitrogens is 1. The maximum Gasteiger partial charge on any atom is 0.0847 e. The van der Waals surface area contributed by atoms with Crippen molar-refractivity contribution in [3.8, 4) is 22.3 Å². The fourth-order valence-electron chi connectivity index (χ4n) is 2.24. The van der Waals surface area contributed by atoms with Gasteiger partial charge in [-0.05, 0) is 22.1 Å².